The summed E-state index contributed by atoms with van der Waals surface area (Å²) in [5, 5.41) is 3.03. The Balaban J connectivity index is 3.50. The van der Waals surface area contributed by atoms with Gasteiger partial charge in [-0.2, -0.15) is 0 Å². The zero-order valence-corrected chi connectivity index (χ0v) is 33.9. The molecule has 0 aromatic rings. The van der Waals surface area contributed by atoms with Crippen LogP contribution in [0.2, 0.25) is 0 Å². The first-order valence-electron chi connectivity index (χ1n) is 22.5. The number of nitrogens with two attached hydrogens (primary N) is 1. The second-order valence-corrected chi connectivity index (χ2v) is 15.4. The maximum absolute atomic E-state index is 12.3. The Morgan fingerprint density at radius 3 is 1.12 bits per heavy atom. The van der Waals surface area contributed by atoms with Crippen LogP contribution in [0.25, 0.3) is 0 Å². The van der Waals surface area contributed by atoms with E-state index in [4.69, 9.17) is 5.73 Å². The van der Waals surface area contributed by atoms with Gasteiger partial charge in [0.25, 0.3) is 0 Å². The number of rotatable bonds is 41. The molecule has 0 aliphatic rings. The van der Waals surface area contributed by atoms with Crippen LogP contribution < -0.4 is 11.1 Å². The van der Waals surface area contributed by atoms with Crippen LogP contribution >= 0.6 is 0 Å². The Labute approximate surface area is 313 Å². The van der Waals surface area contributed by atoms with Gasteiger partial charge in [-0.1, -0.05) is 192 Å². The summed E-state index contributed by atoms with van der Waals surface area (Å²) in [5.41, 5.74) is 5.68. The zero-order chi connectivity index (χ0) is 36.4. The Kier molecular flexibility index (Phi) is 40.5. The molecule has 0 aromatic heterocycles. The van der Waals surface area contributed by atoms with Crippen LogP contribution in [0.1, 0.15) is 245 Å². The van der Waals surface area contributed by atoms with Gasteiger partial charge in [-0.15, -0.1) is 0 Å². The van der Waals surface area contributed by atoms with Gasteiger partial charge in [0.1, 0.15) is 0 Å². The molecule has 0 spiro atoms. The molecule has 0 heterocycles. The van der Waals surface area contributed by atoms with Crippen molar-refractivity contribution in [3.05, 3.63) is 24.3 Å². The van der Waals surface area contributed by atoms with E-state index in [1.807, 2.05) is 0 Å². The van der Waals surface area contributed by atoms with Crippen LogP contribution in [-0.2, 0) is 9.59 Å². The van der Waals surface area contributed by atoms with E-state index in [1.54, 1.807) is 0 Å². The summed E-state index contributed by atoms with van der Waals surface area (Å²) in [6, 6.07) is 0. The van der Waals surface area contributed by atoms with Crippen molar-refractivity contribution in [1.29, 1.82) is 0 Å². The predicted octanol–water partition coefficient (Wildman–Crippen LogP) is 14.4. The van der Waals surface area contributed by atoms with E-state index >= 15 is 0 Å². The van der Waals surface area contributed by atoms with Gasteiger partial charge in [-0.3, -0.25) is 9.59 Å². The molecule has 2 amide bonds. The zero-order valence-electron chi connectivity index (χ0n) is 33.9. The number of primary amides is 1. The summed E-state index contributed by atoms with van der Waals surface area (Å²) in [4.78, 5) is 24.2. The highest BCUT2D eigenvalue weighted by Crippen LogP contribution is 2.17. The molecule has 4 heteroatoms. The van der Waals surface area contributed by atoms with Crippen LogP contribution in [0.15, 0.2) is 24.3 Å². The van der Waals surface area contributed by atoms with E-state index in [-0.39, 0.29) is 17.7 Å². The molecule has 294 valence electrons. The van der Waals surface area contributed by atoms with Crippen molar-refractivity contribution < 1.29 is 9.59 Å². The molecule has 0 aliphatic carbocycles. The van der Waals surface area contributed by atoms with E-state index in [1.165, 1.54) is 193 Å². The van der Waals surface area contributed by atoms with Gasteiger partial charge in [0.05, 0.1) is 0 Å². The maximum atomic E-state index is 12.3. The summed E-state index contributed by atoms with van der Waals surface area (Å²) in [7, 11) is 0. The lowest BCUT2D eigenvalue weighted by molar-refractivity contribution is -0.123. The second kappa shape index (κ2) is 41.8. The van der Waals surface area contributed by atoms with Crippen molar-refractivity contribution >= 4 is 11.8 Å². The average molecular weight is 701 g/mol. The van der Waals surface area contributed by atoms with E-state index in [0.717, 1.165) is 25.7 Å². The first kappa shape index (κ1) is 48.4. The van der Waals surface area contributed by atoms with E-state index in [2.05, 4.69) is 43.5 Å². The lowest BCUT2D eigenvalue weighted by Crippen LogP contribution is -2.30. The minimum absolute atomic E-state index is 0.115. The molecule has 50 heavy (non-hydrogen) atoms. The summed E-state index contributed by atoms with van der Waals surface area (Å²) in [6.45, 7) is 5.12. The third-order valence-corrected chi connectivity index (χ3v) is 10.4. The summed E-state index contributed by atoms with van der Waals surface area (Å²) >= 11 is 0. The highest BCUT2D eigenvalue weighted by Gasteiger charge is 2.15. The van der Waals surface area contributed by atoms with Gasteiger partial charge in [0, 0.05) is 18.9 Å². The average Bonchev–Trinajstić information content (AvgIpc) is 3.11. The van der Waals surface area contributed by atoms with Crippen LogP contribution in [0.4, 0.5) is 0 Å². The third kappa shape index (κ3) is 39.2. The molecule has 0 rings (SSSR count). The minimum Gasteiger partial charge on any atom is -0.369 e. The molecular formula is C46H88N2O2. The fraction of sp³-hybridized carbons (Fsp3) is 0.870. The van der Waals surface area contributed by atoms with Gasteiger partial charge in [-0.25, -0.2) is 0 Å². The standard InChI is InChI=1S/C46H88N2O2/c1-3-5-7-9-11-13-15-17-19-21-23-25-27-29-31-33-35-37-39-41-45(49)48-43-42-44(46(47)50)40-38-36-34-32-30-28-26-24-22-20-18-16-14-12-10-8-6-4-2/h17-20,44H,3-16,21-43H2,1-2H3,(H2,47,50)(H,48,49). The molecule has 0 aromatic carbocycles. The summed E-state index contributed by atoms with van der Waals surface area (Å²) in [6.07, 6.45) is 54.8. The molecule has 0 bridgehead atoms. The van der Waals surface area contributed by atoms with Crippen molar-refractivity contribution in [2.75, 3.05) is 6.54 Å². The van der Waals surface area contributed by atoms with Crippen LogP contribution in [0, 0.1) is 5.92 Å². The van der Waals surface area contributed by atoms with Crippen LogP contribution in [0.5, 0.6) is 0 Å². The van der Waals surface area contributed by atoms with Crippen LogP contribution in [0.3, 0.4) is 0 Å². The Hall–Kier alpha value is -1.58. The molecule has 0 radical (unpaired) electrons. The summed E-state index contributed by atoms with van der Waals surface area (Å²) in [5.74, 6) is -0.204. The predicted molar refractivity (Wildman–Crippen MR) is 222 cm³/mol. The highest BCUT2D eigenvalue weighted by molar-refractivity contribution is 5.77. The number of allylic oxidation sites excluding steroid dienone is 4. The monoisotopic (exact) mass is 701 g/mol. The number of unbranched alkanes of at least 4 members (excludes halogenated alkanes) is 29. The van der Waals surface area contributed by atoms with Crippen LogP contribution in [-0.4, -0.2) is 18.4 Å². The van der Waals surface area contributed by atoms with Gasteiger partial charge < -0.3 is 11.1 Å². The fourth-order valence-electron chi connectivity index (χ4n) is 6.96. The molecule has 1 atom stereocenters. The van der Waals surface area contributed by atoms with Gasteiger partial charge >= 0.3 is 0 Å². The second-order valence-electron chi connectivity index (χ2n) is 15.4. The normalized spacial score (nSPS) is 12.4. The van der Waals surface area contributed by atoms with Crippen molar-refractivity contribution in [3.63, 3.8) is 0 Å². The van der Waals surface area contributed by atoms with Crippen molar-refractivity contribution in [2.24, 2.45) is 11.7 Å². The molecule has 3 N–H and O–H groups in total. The maximum Gasteiger partial charge on any atom is 0.220 e. The fourth-order valence-corrected chi connectivity index (χ4v) is 6.96. The number of amides is 2. The van der Waals surface area contributed by atoms with E-state index in [0.29, 0.717) is 19.4 Å². The smallest absolute Gasteiger partial charge is 0.220 e. The molecule has 0 fully saturated rings. The first-order valence-corrected chi connectivity index (χ1v) is 22.5. The van der Waals surface area contributed by atoms with E-state index < -0.39 is 0 Å². The number of carbonyl (C=O) groups excluding carboxylic acids is 2. The first-order chi connectivity index (χ1) is 24.6. The molecule has 4 nitrogen and oxygen atoms in total. The number of nitrogens with one attached hydrogen (secondary N) is 1. The third-order valence-electron chi connectivity index (χ3n) is 10.4. The lowest BCUT2D eigenvalue weighted by Gasteiger charge is -2.14. The molecule has 0 saturated carbocycles. The summed E-state index contributed by atoms with van der Waals surface area (Å²) < 4.78 is 0. The van der Waals surface area contributed by atoms with E-state index in [9.17, 15) is 9.59 Å². The highest BCUT2D eigenvalue weighted by atomic mass is 16.2. The Morgan fingerprint density at radius 2 is 0.760 bits per heavy atom. The van der Waals surface area contributed by atoms with Gasteiger partial charge in [0.2, 0.25) is 11.8 Å². The Morgan fingerprint density at radius 1 is 0.440 bits per heavy atom. The largest absolute Gasteiger partial charge is 0.369 e. The molecule has 1 unspecified atom stereocenters. The number of carbonyl (C=O) groups is 2. The Bertz CT molecular complexity index is 761. The van der Waals surface area contributed by atoms with Crippen molar-refractivity contribution in [2.45, 2.75) is 245 Å². The SMILES string of the molecule is CCCCCCCCC=CCCCCCCCCCCCC(=O)NCCC(CCCCCCCCCCC=CCCCCCCCC)C(N)=O. The molecule has 0 saturated heterocycles. The number of hydrogen-bond acceptors (Lipinski definition) is 2. The van der Waals surface area contributed by atoms with Gasteiger partial charge in [-0.05, 0) is 70.6 Å². The molecular weight excluding hydrogens is 613 g/mol. The topological polar surface area (TPSA) is 72.2 Å². The number of hydrogen-bond donors (Lipinski definition) is 2. The van der Waals surface area contributed by atoms with Crippen molar-refractivity contribution in [1.82, 2.24) is 5.32 Å². The quantitative estimate of drug-likeness (QED) is 0.0492. The minimum atomic E-state index is -0.212. The van der Waals surface area contributed by atoms with Crippen molar-refractivity contribution in [3.8, 4) is 0 Å². The van der Waals surface area contributed by atoms with Gasteiger partial charge in [0.15, 0.2) is 0 Å². The molecule has 0 aliphatic heterocycles. The lowest BCUT2D eigenvalue weighted by atomic mass is 9.96.